The molecule has 0 N–H and O–H groups in total. The van der Waals surface area contributed by atoms with Gasteiger partial charge in [-0.1, -0.05) is 321 Å². The fraction of sp³-hybridized carbons (Fsp3) is 0.0811. The molecule has 0 unspecified atom stereocenters. The minimum atomic E-state index is -0.270. The zero-order valence-corrected chi connectivity index (χ0v) is 66.3. The van der Waals surface area contributed by atoms with Crippen LogP contribution in [0.4, 0.5) is 34.1 Å². The summed E-state index contributed by atoms with van der Waals surface area (Å²) >= 11 is 0. The zero-order chi connectivity index (χ0) is 78.1. The van der Waals surface area contributed by atoms with Gasteiger partial charge in [0.15, 0.2) is 0 Å². The zero-order valence-electron chi connectivity index (χ0n) is 66.3. The van der Waals surface area contributed by atoms with E-state index in [4.69, 9.17) is 0 Å². The number of aryl methyl sites for hydroxylation is 1. The standard InChI is InChI=1S/C111H85BN4/c1-72-60-105-107-106(61-72)116(109-94(76-38-18-11-19-39-76)67-86(111(5,6)7)69-96(109)84-47-31-45-82(65-84)80-43-29-41-78(63-80)74-34-14-9-15-35-74)104-71-88(114-101-54-26-22-50-91(101)92-51-23-27-55-102(92)114)57-59-98(104)112(107)97-58-56-87(113-99-52-24-20-48-89(99)90-49-21-25-53-100(90)113)70-103(97)115(105)108-93(75-36-16-10-17-37-75)66-85(110(2,3)4)68-95(108)83-46-30-44-81(64-83)79-42-28-40-77(62-79)73-32-12-8-13-33-73/h8-71H,1-7H3. The first-order chi connectivity index (χ1) is 56.7. The first kappa shape index (κ1) is 69.9. The summed E-state index contributed by atoms with van der Waals surface area (Å²) in [7, 11) is 0. The summed E-state index contributed by atoms with van der Waals surface area (Å²) in [5, 5.41) is 4.88. The van der Waals surface area contributed by atoms with Crippen LogP contribution in [0, 0.1) is 6.92 Å². The Labute approximate surface area is 679 Å². The van der Waals surface area contributed by atoms with Crippen molar-refractivity contribution in [3.63, 3.8) is 0 Å². The van der Waals surface area contributed by atoms with Gasteiger partial charge in [0.2, 0.25) is 0 Å². The Morgan fingerprint density at radius 3 is 0.819 bits per heavy atom. The topological polar surface area (TPSA) is 16.3 Å². The van der Waals surface area contributed by atoms with Crippen molar-refractivity contribution in [2.45, 2.75) is 59.3 Å². The van der Waals surface area contributed by atoms with Crippen LogP contribution in [0.5, 0.6) is 0 Å². The number of rotatable bonds is 12. The number of fused-ring (bicyclic) bond motifs is 10. The highest BCUT2D eigenvalue weighted by Gasteiger charge is 2.46. The molecule has 21 rings (SSSR count). The molecule has 0 amide bonds. The molecule has 116 heavy (non-hydrogen) atoms. The predicted molar refractivity (Wildman–Crippen MR) is 495 cm³/mol. The molecule has 0 saturated carbocycles. The summed E-state index contributed by atoms with van der Waals surface area (Å²) in [5.74, 6) is 0. The first-order valence-electron chi connectivity index (χ1n) is 40.7. The highest BCUT2D eigenvalue weighted by Crippen LogP contribution is 2.56. The SMILES string of the molecule is Cc1cc2c3c(c1)N(c1c(-c4ccccc4)cc(C(C)(C)C)cc1-c1cccc(-c4cccc(-c5ccccc5)c4)c1)c1cc(-n4c5ccccc5c5ccccc54)ccc1B3c1ccc(-n3c4ccccc4c4ccccc43)cc1N2c1c(-c2ccccc2)cc(C(C)(C)C)cc1-c1cccc(-c2cccc(-c3ccccc3)c2)c1. The third-order valence-corrected chi connectivity index (χ3v) is 24.4. The van der Waals surface area contributed by atoms with Gasteiger partial charge in [-0.15, -0.1) is 0 Å². The van der Waals surface area contributed by atoms with Gasteiger partial charge < -0.3 is 18.9 Å². The Kier molecular flexibility index (Phi) is 16.7. The number of hydrogen-bond acceptors (Lipinski definition) is 2. The van der Waals surface area contributed by atoms with E-state index in [0.717, 1.165) is 140 Å². The molecule has 0 aliphatic carbocycles. The van der Waals surface area contributed by atoms with E-state index in [2.05, 4.69) is 456 Å². The van der Waals surface area contributed by atoms with Crippen molar-refractivity contribution in [1.29, 1.82) is 0 Å². The maximum atomic E-state index is 2.73. The van der Waals surface area contributed by atoms with Gasteiger partial charge in [-0.25, -0.2) is 0 Å². The highest BCUT2D eigenvalue weighted by atomic mass is 15.2. The second-order valence-corrected chi connectivity index (χ2v) is 33.7. The van der Waals surface area contributed by atoms with Gasteiger partial charge in [-0.2, -0.15) is 0 Å². The fourth-order valence-corrected chi connectivity index (χ4v) is 18.7. The fourth-order valence-electron chi connectivity index (χ4n) is 18.7. The van der Waals surface area contributed by atoms with Crippen molar-refractivity contribution >= 4 is 101 Å². The van der Waals surface area contributed by atoms with Crippen molar-refractivity contribution in [2.24, 2.45) is 0 Å². The summed E-state index contributed by atoms with van der Waals surface area (Å²) in [4.78, 5) is 5.46. The third kappa shape index (κ3) is 11.8. The van der Waals surface area contributed by atoms with Crippen molar-refractivity contribution in [1.82, 2.24) is 9.13 Å². The smallest absolute Gasteiger partial charge is 0.252 e. The molecule has 0 bridgehead atoms. The van der Waals surface area contributed by atoms with Crippen LogP contribution in [0.25, 0.3) is 144 Å². The average Bonchev–Trinajstić information content (AvgIpc) is 0.770. The minimum absolute atomic E-state index is 0.250. The first-order valence-corrected chi connectivity index (χ1v) is 40.7. The molecule has 0 radical (unpaired) electrons. The minimum Gasteiger partial charge on any atom is -0.310 e. The normalized spacial score (nSPS) is 12.6. The van der Waals surface area contributed by atoms with E-state index in [1.54, 1.807) is 0 Å². The second-order valence-electron chi connectivity index (χ2n) is 33.7. The summed E-state index contributed by atoms with van der Waals surface area (Å²) in [6.07, 6.45) is 0. The number of para-hydroxylation sites is 4. The van der Waals surface area contributed by atoms with Crippen LogP contribution in [-0.4, -0.2) is 15.8 Å². The lowest BCUT2D eigenvalue weighted by Gasteiger charge is -2.46. The quantitative estimate of drug-likeness (QED) is 0.113. The van der Waals surface area contributed by atoms with E-state index < -0.39 is 0 Å². The molecule has 17 aromatic carbocycles. The van der Waals surface area contributed by atoms with E-state index in [-0.39, 0.29) is 17.5 Å². The molecule has 2 aromatic heterocycles. The predicted octanol–water partition coefficient (Wildman–Crippen LogP) is 28.2. The molecule has 19 aromatic rings. The Morgan fingerprint density at radius 2 is 0.491 bits per heavy atom. The van der Waals surface area contributed by atoms with E-state index in [9.17, 15) is 0 Å². The van der Waals surface area contributed by atoms with E-state index in [1.807, 2.05) is 0 Å². The molecule has 0 atom stereocenters. The number of hydrogen-bond donors (Lipinski definition) is 0. The number of aromatic nitrogens is 2. The van der Waals surface area contributed by atoms with Crippen LogP contribution in [0.1, 0.15) is 58.2 Å². The summed E-state index contributed by atoms with van der Waals surface area (Å²) in [6, 6.07) is 147. The summed E-state index contributed by atoms with van der Waals surface area (Å²) in [5.41, 5.74) is 38.8. The Bertz CT molecular complexity index is 6590. The molecule has 0 fully saturated rings. The highest BCUT2D eigenvalue weighted by molar-refractivity contribution is 7.00. The van der Waals surface area contributed by atoms with Crippen LogP contribution in [-0.2, 0) is 10.8 Å². The molecule has 5 heteroatoms. The van der Waals surface area contributed by atoms with Gasteiger partial charge in [0.1, 0.15) is 0 Å². The van der Waals surface area contributed by atoms with Gasteiger partial charge in [0.25, 0.3) is 6.71 Å². The lowest BCUT2D eigenvalue weighted by molar-refractivity contribution is 0.590. The van der Waals surface area contributed by atoms with Crippen LogP contribution < -0.4 is 26.2 Å². The Morgan fingerprint density at radius 1 is 0.224 bits per heavy atom. The Hall–Kier alpha value is -14.0. The number of nitrogens with zero attached hydrogens (tertiary/aromatic N) is 4. The maximum absolute atomic E-state index is 2.73. The molecular weight excluding hydrogens is 1400 g/mol. The van der Waals surface area contributed by atoms with Gasteiger partial charge in [-0.3, -0.25) is 0 Å². The Balaban J connectivity index is 0.899. The summed E-state index contributed by atoms with van der Waals surface area (Å²) in [6.45, 7) is 16.3. The third-order valence-electron chi connectivity index (χ3n) is 24.4. The van der Waals surface area contributed by atoms with Gasteiger partial charge in [0.05, 0.1) is 33.4 Å². The van der Waals surface area contributed by atoms with Crippen LogP contribution in [0.3, 0.4) is 0 Å². The number of benzene rings is 17. The second kappa shape index (κ2) is 27.7. The molecule has 552 valence electrons. The molecule has 2 aliphatic rings. The molecule has 4 nitrogen and oxygen atoms in total. The van der Waals surface area contributed by atoms with Gasteiger partial charge in [0, 0.05) is 77.9 Å². The van der Waals surface area contributed by atoms with Gasteiger partial charge in [-0.05, 0) is 227 Å². The van der Waals surface area contributed by atoms with E-state index >= 15 is 0 Å². The van der Waals surface area contributed by atoms with Crippen LogP contribution in [0.15, 0.2) is 388 Å². The lowest BCUT2D eigenvalue weighted by atomic mass is 9.33. The largest absolute Gasteiger partial charge is 0.310 e. The molecular formula is C111H85BN4. The van der Waals surface area contributed by atoms with E-state index in [0.29, 0.717) is 0 Å². The average molecular weight is 1490 g/mol. The van der Waals surface area contributed by atoms with Crippen molar-refractivity contribution in [3.8, 4) is 100 Å². The monoisotopic (exact) mass is 1480 g/mol. The molecule has 0 saturated heterocycles. The number of anilines is 6. The van der Waals surface area contributed by atoms with Crippen molar-refractivity contribution in [3.05, 3.63) is 405 Å². The lowest BCUT2D eigenvalue weighted by Crippen LogP contribution is -2.61. The maximum Gasteiger partial charge on any atom is 0.252 e. The van der Waals surface area contributed by atoms with Crippen LogP contribution in [0.2, 0.25) is 0 Å². The van der Waals surface area contributed by atoms with Gasteiger partial charge >= 0.3 is 0 Å². The summed E-state index contributed by atoms with van der Waals surface area (Å²) < 4.78 is 5.01. The van der Waals surface area contributed by atoms with Crippen molar-refractivity contribution < 1.29 is 0 Å². The molecule has 4 heterocycles. The molecule has 0 spiro atoms. The van der Waals surface area contributed by atoms with Crippen LogP contribution >= 0.6 is 0 Å². The van der Waals surface area contributed by atoms with Crippen molar-refractivity contribution in [2.75, 3.05) is 9.80 Å². The molecule has 2 aliphatic heterocycles. The van der Waals surface area contributed by atoms with E-state index in [1.165, 1.54) is 71.3 Å².